The third-order valence-electron chi connectivity index (χ3n) is 3.61. The number of thiophene rings is 1. The maximum absolute atomic E-state index is 12.1. The van der Waals surface area contributed by atoms with E-state index < -0.39 is 10.9 Å². The first-order valence-corrected chi connectivity index (χ1v) is 8.26. The zero-order chi connectivity index (χ0) is 18.0. The summed E-state index contributed by atoms with van der Waals surface area (Å²) in [5, 5.41) is 12.9. The number of aryl methyl sites for hydroxylation is 2. The number of hydrogen-bond donors (Lipinski definition) is 0. The van der Waals surface area contributed by atoms with Crippen LogP contribution in [0, 0.1) is 24.0 Å². The summed E-state index contributed by atoms with van der Waals surface area (Å²) in [4.78, 5) is 27.8. The van der Waals surface area contributed by atoms with Gasteiger partial charge in [-0.25, -0.2) is 9.78 Å². The van der Waals surface area contributed by atoms with Crippen molar-refractivity contribution in [3.63, 3.8) is 0 Å². The number of carbonyl (C=O) groups excluding carboxylic acids is 1. The lowest BCUT2D eigenvalue weighted by atomic mass is 10.1. The Morgan fingerprint density at radius 2 is 2.16 bits per heavy atom. The van der Waals surface area contributed by atoms with Crippen molar-refractivity contribution in [1.29, 1.82) is 0 Å². The first-order chi connectivity index (χ1) is 12.0. The van der Waals surface area contributed by atoms with Crippen LogP contribution in [0.4, 0.5) is 5.69 Å². The smallest absolute Gasteiger partial charge is 0.338 e. The average molecular weight is 358 g/mol. The number of oxazole rings is 1. The Bertz CT molecular complexity index is 931. The molecule has 0 bridgehead atoms. The van der Waals surface area contributed by atoms with Gasteiger partial charge >= 0.3 is 5.97 Å². The molecule has 3 rings (SSSR count). The second-order valence-corrected chi connectivity index (χ2v) is 6.28. The van der Waals surface area contributed by atoms with Gasteiger partial charge in [0.05, 0.1) is 15.4 Å². The molecule has 25 heavy (non-hydrogen) atoms. The molecule has 2 heterocycles. The van der Waals surface area contributed by atoms with Crippen LogP contribution in [0.15, 0.2) is 40.1 Å². The Morgan fingerprint density at radius 3 is 2.84 bits per heavy atom. The number of benzene rings is 1. The van der Waals surface area contributed by atoms with Crippen LogP contribution in [0.25, 0.3) is 10.8 Å². The van der Waals surface area contributed by atoms with Crippen LogP contribution < -0.4 is 0 Å². The van der Waals surface area contributed by atoms with Crippen molar-refractivity contribution in [2.75, 3.05) is 0 Å². The quantitative estimate of drug-likeness (QED) is 0.384. The van der Waals surface area contributed by atoms with Crippen LogP contribution in [0.2, 0.25) is 0 Å². The maximum atomic E-state index is 12.1. The average Bonchev–Trinajstić information content (AvgIpc) is 3.22. The number of esters is 1. The van der Waals surface area contributed by atoms with Crippen molar-refractivity contribution in [3.8, 4) is 10.8 Å². The fraction of sp³-hybridized carbons (Fsp3) is 0.176. The van der Waals surface area contributed by atoms with E-state index >= 15 is 0 Å². The molecule has 0 saturated carbocycles. The molecule has 0 saturated heterocycles. The summed E-state index contributed by atoms with van der Waals surface area (Å²) < 4.78 is 10.8. The lowest BCUT2D eigenvalue weighted by Crippen LogP contribution is -2.07. The molecule has 0 fully saturated rings. The molecule has 8 heteroatoms. The largest absolute Gasteiger partial charge is 0.455 e. The van der Waals surface area contributed by atoms with Crippen molar-refractivity contribution < 1.29 is 18.9 Å². The summed E-state index contributed by atoms with van der Waals surface area (Å²) in [7, 11) is 0. The molecule has 0 aliphatic heterocycles. The first kappa shape index (κ1) is 16.8. The van der Waals surface area contributed by atoms with Crippen molar-refractivity contribution >= 4 is 23.0 Å². The summed E-state index contributed by atoms with van der Waals surface area (Å²) >= 11 is 1.50. The zero-order valence-electron chi connectivity index (χ0n) is 13.5. The normalized spacial score (nSPS) is 10.6. The number of nitro groups is 1. The molecule has 0 amide bonds. The van der Waals surface area contributed by atoms with Gasteiger partial charge in [-0.1, -0.05) is 12.1 Å². The van der Waals surface area contributed by atoms with E-state index in [1.165, 1.54) is 29.5 Å². The van der Waals surface area contributed by atoms with Gasteiger partial charge in [0.25, 0.3) is 5.69 Å². The van der Waals surface area contributed by atoms with Crippen LogP contribution in [-0.4, -0.2) is 15.9 Å². The van der Waals surface area contributed by atoms with Gasteiger partial charge in [-0.3, -0.25) is 10.1 Å². The Balaban J connectivity index is 1.73. The van der Waals surface area contributed by atoms with Gasteiger partial charge in [-0.2, -0.15) is 0 Å². The molecule has 0 atom stereocenters. The van der Waals surface area contributed by atoms with Crippen LogP contribution in [-0.2, 0) is 11.3 Å². The van der Waals surface area contributed by atoms with Crippen LogP contribution in [0.5, 0.6) is 0 Å². The second kappa shape index (κ2) is 6.86. The lowest BCUT2D eigenvalue weighted by molar-refractivity contribution is -0.385. The molecule has 1 aromatic carbocycles. The topological polar surface area (TPSA) is 95.5 Å². The van der Waals surface area contributed by atoms with Crippen LogP contribution in [0.1, 0.15) is 27.4 Å². The standard InChI is InChI=1S/C17H14N2O5S/c1-10-5-6-12(8-14(10)19(21)22)17(20)23-9-13-11(2)24-16(18-13)15-4-3-7-25-15/h3-8H,9H2,1-2H3. The van der Waals surface area contributed by atoms with E-state index in [0.29, 0.717) is 22.9 Å². The highest BCUT2D eigenvalue weighted by molar-refractivity contribution is 7.13. The summed E-state index contributed by atoms with van der Waals surface area (Å²) in [5.41, 5.74) is 0.997. The fourth-order valence-corrected chi connectivity index (χ4v) is 2.87. The van der Waals surface area contributed by atoms with Gasteiger partial charge < -0.3 is 9.15 Å². The Hall–Kier alpha value is -3.00. The molecule has 0 aliphatic carbocycles. The molecule has 7 nitrogen and oxygen atoms in total. The van der Waals surface area contributed by atoms with Gasteiger partial charge in [-0.05, 0) is 31.4 Å². The van der Waals surface area contributed by atoms with Crippen molar-refractivity contribution in [2.45, 2.75) is 20.5 Å². The summed E-state index contributed by atoms with van der Waals surface area (Å²) in [6.45, 7) is 3.28. The zero-order valence-corrected chi connectivity index (χ0v) is 14.3. The first-order valence-electron chi connectivity index (χ1n) is 7.38. The number of ether oxygens (including phenoxy) is 1. The molecular weight excluding hydrogens is 344 g/mol. The van der Waals surface area contributed by atoms with Gasteiger partial charge in [0, 0.05) is 11.6 Å². The summed E-state index contributed by atoms with van der Waals surface area (Å²) in [5.74, 6) is 0.388. The Morgan fingerprint density at radius 1 is 1.36 bits per heavy atom. The van der Waals surface area contributed by atoms with Crippen molar-refractivity contribution in [3.05, 3.63) is 68.4 Å². The maximum Gasteiger partial charge on any atom is 0.338 e. The summed E-state index contributed by atoms with van der Waals surface area (Å²) in [6, 6.07) is 8.01. The molecule has 128 valence electrons. The third kappa shape index (κ3) is 3.58. The van der Waals surface area contributed by atoms with E-state index in [4.69, 9.17) is 9.15 Å². The third-order valence-corrected chi connectivity index (χ3v) is 4.46. The predicted molar refractivity (Wildman–Crippen MR) is 91.5 cm³/mol. The number of aromatic nitrogens is 1. The lowest BCUT2D eigenvalue weighted by Gasteiger charge is -2.04. The summed E-state index contributed by atoms with van der Waals surface area (Å²) in [6.07, 6.45) is 0. The Kier molecular flexibility index (Phi) is 4.62. The van der Waals surface area contributed by atoms with Crippen molar-refractivity contribution in [1.82, 2.24) is 4.98 Å². The van der Waals surface area contributed by atoms with Crippen LogP contribution in [0.3, 0.4) is 0 Å². The van der Waals surface area contributed by atoms with Gasteiger partial charge in [0.15, 0.2) is 0 Å². The molecule has 3 aromatic rings. The van der Waals surface area contributed by atoms with E-state index in [-0.39, 0.29) is 17.9 Å². The molecule has 0 radical (unpaired) electrons. The highest BCUT2D eigenvalue weighted by atomic mass is 32.1. The van der Waals surface area contributed by atoms with E-state index in [1.807, 2.05) is 17.5 Å². The SMILES string of the molecule is Cc1ccc(C(=O)OCc2nc(-c3cccs3)oc2C)cc1[N+](=O)[O-]. The number of nitrogens with zero attached hydrogens (tertiary/aromatic N) is 2. The molecule has 0 unspecified atom stereocenters. The number of carbonyl (C=O) groups is 1. The molecule has 2 aromatic heterocycles. The van der Waals surface area contributed by atoms with Gasteiger partial charge in [0.1, 0.15) is 18.1 Å². The minimum absolute atomic E-state index is 0.0682. The van der Waals surface area contributed by atoms with Crippen LogP contribution >= 0.6 is 11.3 Å². The van der Waals surface area contributed by atoms with E-state index in [2.05, 4.69) is 4.98 Å². The number of nitro benzene ring substituents is 1. The van der Waals surface area contributed by atoms with E-state index in [0.717, 1.165) is 4.88 Å². The minimum Gasteiger partial charge on any atom is -0.455 e. The van der Waals surface area contributed by atoms with Gasteiger partial charge in [0.2, 0.25) is 5.89 Å². The monoisotopic (exact) mass is 358 g/mol. The molecule has 0 aliphatic rings. The minimum atomic E-state index is -0.650. The highest BCUT2D eigenvalue weighted by Crippen LogP contribution is 2.26. The predicted octanol–water partition coefficient (Wildman–Crippen LogP) is 4.29. The molecular formula is C17H14N2O5S. The highest BCUT2D eigenvalue weighted by Gasteiger charge is 2.18. The Labute approximate surface area is 147 Å². The number of rotatable bonds is 5. The molecule has 0 spiro atoms. The van der Waals surface area contributed by atoms with E-state index in [9.17, 15) is 14.9 Å². The number of hydrogen-bond acceptors (Lipinski definition) is 7. The van der Waals surface area contributed by atoms with Gasteiger partial charge in [-0.15, -0.1) is 11.3 Å². The molecule has 0 N–H and O–H groups in total. The van der Waals surface area contributed by atoms with Crippen molar-refractivity contribution in [2.24, 2.45) is 0 Å². The van der Waals surface area contributed by atoms with E-state index in [1.54, 1.807) is 13.8 Å². The second-order valence-electron chi connectivity index (χ2n) is 5.33. The fourth-order valence-electron chi connectivity index (χ4n) is 2.22.